The molecule has 3 rings (SSSR count). The number of nitrogens with one attached hydrogen (secondary N) is 3. The number of aromatic amines is 1. The van der Waals surface area contributed by atoms with Crippen molar-refractivity contribution in [1.29, 1.82) is 0 Å². The number of methoxy groups -OCH3 is 1. The molecule has 37 heavy (non-hydrogen) atoms. The monoisotopic (exact) mass is 525 g/mol. The maximum Gasteiger partial charge on any atom is 0.257 e. The zero-order valence-corrected chi connectivity index (χ0v) is 23.0. The van der Waals surface area contributed by atoms with Gasteiger partial charge in [0.1, 0.15) is 22.1 Å². The van der Waals surface area contributed by atoms with Crippen LogP contribution in [0.4, 0.5) is 5.69 Å². The third kappa shape index (κ3) is 6.44. The van der Waals surface area contributed by atoms with Crippen molar-refractivity contribution in [3.05, 3.63) is 63.0 Å². The molecule has 0 bridgehead atoms. The van der Waals surface area contributed by atoms with E-state index in [4.69, 9.17) is 4.74 Å². The van der Waals surface area contributed by atoms with Gasteiger partial charge in [-0.2, -0.15) is 0 Å². The fourth-order valence-corrected chi connectivity index (χ4v) is 5.10. The molecule has 1 aliphatic rings. The number of aliphatic imine (C=N–C) groups is 1. The quantitative estimate of drug-likeness (QED) is 0.371. The minimum atomic E-state index is -0.442. The van der Waals surface area contributed by atoms with Gasteiger partial charge in [-0.3, -0.25) is 9.59 Å². The Morgan fingerprint density at radius 1 is 1.22 bits per heavy atom. The van der Waals surface area contributed by atoms with Crippen LogP contribution in [0.25, 0.3) is 6.08 Å². The number of aliphatic hydroxyl groups excluding tert-OH is 1. The van der Waals surface area contributed by atoms with Gasteiger partial charge in [0.2, 0.25) is 0 Å². The molecule has 1 aliphatic heterocycles. The first kappa shape index (κ1) is 28.1. The molecular weight excluding hydrogens is 490 g/mol. The molecule has 0 saturated heterocycles. The highest BCUT2D eigenvalue weighted by Crippen LogP contribution is 2.40. The van der Waals surface area contributed by atoms with E-state index >= 15 is 0 Å². The smallest absolute Gasteiger partial charge is 0.257 e. The van der Waals surface area contributed by atoms with Gasteiger partial charge in [0.15, 0.2) is 0 Å². The fourth-order valence-electron chi connectivity index (χ4n) is 4.08. The predicted molar refractivity (Wildman–Crippen MR) is 150 cm³/mol. The number of hydrogen-bond acceptors (Lipinski definition) is 7. The zero-order valence-electron chi connectivity index (χ0n) is 22.2. The number of amides is 2. The largest absolute Gasteiger partial charge is 0.506 e. The summed E-state index contributed by atoms with van der Waals surface area (Å²) in [4.78, 5) is 36.1. The molecular formula is C27H35N5O4S. The third-order valence-corrected chi connectivity index (χ3v) is 7.24. The summed E-state index contributed by atoms with van der Waals surface area (Å²) in [6.07, 6.45) is 1.74. The first-order valence-corrected chi connectivity index (χ1v) is 13.0. The molecule has 198 valence electrons. The van der Waals surface area contributed by atoms with Gasteiger partial charge in [-0.05, 0) is 50.7 Å². The molecule has 0 radical (unpaired) electrons. The molecule has 4 N–H and O–H groups in total. The van der Waals surface area contributed by atoms with E-state index in [2.05, 4.69) is 39.4 Å². The molecule has 0 aliphatic carbocycles. The van der Waals surface area contributed by atoms with E-state index in [-0.39, 0.29) is 17.2 Å². The second-order valence-corrected chi connectivity index (χ2v) is 9.51. The summed E-state index contributed by atoms with van der Waals surface area (Å²) in [5, 5.41) is 16.9. The average Bonchev–Trinajstić information content (AvgIpc) is 3.35. The van der Waals surface area contributed by atoms with Gasteiger partial charge in [0.25, 0.3) is 11.8 Å². The molecule has 0 saturated carbocycles. The van der Waals surface area contributed by atoms with Crippen molar-refractivity contribution in [2.45, 2.75) is 27.7 Å². The first-order chi connectivity index (χ1) is 17.7. The average molecular weight is 526 g/mol. The number of ether oxygens (including phenoxy) is 1. The summed E-state index contributed by atoms with van der Waals surface area (Å²) in [6.45, 7) is 11.1. The molecule has 9 nitrogen and oxygen atoms in total. The molecule has 2 aromatic rings. The number of carbonyl (C=O) groups excluding carboxylic acids is 2. The molecule has 0 atom stereocenters. The normalized spacial score (nSPS) is 15.6. The van der Waals surface area contributed by atoms with Gasteiger partial charge in [-0.15, -0.1) is 0 Å². The second kappa shape index (κ2) is 12.6. The predicted octanol–water partition coefficient (Wildman–Crippen LogP) is 4.09. The Balaban J connectivity index is 1.91. The number of aryl methyl sites for hydroxylation is 1. The number of likely N-dealkylation sites (N-methyl/N-ethyl adjacent to an activating group) is 2. The summed E-state index contributed by atoms with van der Waals surface area (Å²) < 4.78 is 5.26. The number of carbonyl (C=O) groups is 2. The molecule has 10 heteroatoms. The number of thioether (sulfide) groups is 1. The molecule has 0 fully saturated rings. The van der Waals surface area contributed by atoms with E-state index in [0.717, 1.165) is 30.9 Å². The Morgan fingerprint density at radius 2 is 1.95 bits per heavy atom. The molecule has 0 unspecified atom stereocenters. The number of aromatic nitrogens is 1. The van der Waals surface area contributed by atoms with Gasteiger partial charge >= 0.3 is 0 Å². The Morgan fingerprint density at radius 3 is 2.59 bits per heavy atom. The summed E-state index contributed by atoms with van der Waals surface area (Å²) in [7, 11) is 3.07. The van der Waals surface area contributed by atoms with Gasteiger partial charge in [-0.1, -0.05) is 31.7 Å². The molecule has 2 amide bonds. The van der Waals surface area contributed by atoms with Crippen molar-refractivity contribution in [2.75, 3.05) is 40.3 Å². The molecule has 2 heterocycles. The summed E-state index contributed by atoms with van der Waals surface area (Å²) >= 11 is 1.19. The standard InChI is InChI=1S/C27H35N5O4S/c1-7-32(8-2)13-12-29-26(35)22-16(3)20(30-17(22)4)15-21-24(33)23(25(34)28-5)27(37-21)31-18-10-9-11-19(14-18)36-6/h9-11,14-15,30,33H,7-8,12-13H2,1-6H3,(H,28,34)(H,29,35)/b21-15+,31-27?. The van der Waals surface area contributed by atoms with Crippen LogP contribution in [0.15, 0.2) is 45.5 Å². The van der Waals surface area contributed by atoms with Crippen LogP contribution in [-0.2, 0) is 4.79 Å². The van der Waals surface area contributed by atoms with Gasteiger partial charge in [-0.25, -0.2) is 4.99 Å². The lowest BCUT2D eigenvalue weighted by Gasteiger charge is -2.18. The SMILES string of the molecule is CCN(CC)CCNC(=O)c1c(C)[nH]c(/C=C2/SC(=Nc3cccc(OC)c3)C(C(=O)NC)=C2O)c1C. The van der Waals surface area contributed by atoms with Crippen molar-refractivity contribution >= 4 is 40.4 Å². The minimum Gasteiger partial charge on any atom is -0.506 e. The lowest BCUT2D eigenvalue weighted by atomic mass is 10.1. The Labute approximate surface area is 222 Å². The maximum atomic E-state index is 12.9. The highest BCUT2D eigenvalue weighted by atomic mass is 32.2. The van der Waals surface area contributed by atoms with Crippen molar-refractivity contribution in [3.8, 4) is 5.75 Å². The zero-order chi connectivity index (χ0) is 27.1. The molecule has 0 spiro atoms. The Hall–Kier alpha value is -3.50. The second-order valence-electron chi connectivity index (χ2n) is 8.48. The van der Waals surface area contributed by atoms with E-state index in [1.165, 1.54) is 18.8 Å². The number of rotatable bonds is 10. The van der Waals surface area contributed by atoms with Crippen LogP contribution in [0.2, 0.25) is 0 Å². The lowest BCUT2D eigenvalue weighted by molar-refractivity contribution is -0.116. The van der Waals surface area contributed by atoms with Crippen molar-refractivity contribution in [2.24, 2.45) is 4.99 Å². The van der Waals surface area contributed by atoms with Crippen LogP contribution in [0, 0.1) is 13.8 Å². The van der Waals surface area contributed by atoms with E-state index in [1.807, 2.05) is 13.8 Å². The molecule has 1 aromatic carbocycles. The van der Waals surface area contributed by atoms with E-state index in [0.29, 0.717) is 39.2 Å². The highest BCUT2D eigenvalue weighted by Gasteiger charge is 2.32. The number of H-pyrrole nitrogens is 1. The van der Waals surface area contributed by atoms with Gasteiger partial charge in [0, 0.05) is 37.6 Å². The van der Waals surface area contributed by atoms with Crippen LogP contribution >= 0.6 is 11.8 Å². The lowest BCUT2D eigenvalue weighted by Crippen LogP contribution is -2.35. The summed E-state index contributed by atoms with van der Waals surface area (Å²) in [5.41, 5.74) is 3.44. The van der Waals surface area contributed by atoms with Gasteiger partial charge in [0.05, 0.1) is 23.3 Å². The third-order valence-electron chi connectivity index (χ3n) is 6.22. The van der Waals surface area contributed by atoms with Crippen molar-refractivity contribution in [1.82, 2.24) is 20.5 Å². The topological polar surface area (TPSA) is 119 Å². The number of benzene rings is 1. The summed E-state index contributed by atoms with van der Waals surface area (Å²) in [5.74, 6) is -0.116. The van der Waals surface area contributed by atoms with Crippen molar-refractivity contribution in [3.63, 3.8) is 0 Å². The number of hydrogen-bond donors (Lipinski definition) is 4. The van der Waals surface area contributed by atoms with Crippen LogP contribution in [-0.4, -0.2) is 72.2 Å². The van der Waals surface area contributed by atoms with Crippen LogP contribution < -0.4 is 15.4 Å². The Bertz CT molecular complexity index is 1260. The van der Waals surface area contributed by atoms with Crippen LogP contribution in [0.5, 0.6) is 5.75 Å². The van der Waals surface area contributed by atoms with Crippen LogP contribution in [0.1, 0.15) is 41.2 Å². The van der Waals surface area contributed by atoms with E-state index < -0.39 is 5.91 Å². The van der Waals surface area contributed by atoms with Gasteiger partial charge < -0.3 is 30.4 Å². The highest BCUT2D eigenvalue weighted by molar-refractivity contribution is 8.18. The van der Waals surface area contributed by atoms with Crippen molar-refractivity contribution < 1.29 is 19.4 Å². The minimum absolute atomic E-state index is 0.0943. The first-order valence-electron chi connectivity index (χ1n) is 12.2. The molecule has 1 aromatic heterocycles. The van der Waals surface area contributed by atoms with Crippen LogP contribution in [0.3, 0.4) is 0 Å². The fraction of sp³-hybridized carbons (Fsp3) is 0.370. The summed E-state index contributed by atoms with van der Waals surface area (Å²) in [6, 6.07) is 7.15. The Kier molecular flexibility index (Phi) is 9.60. The maximum absolute atomic E-state index is 12.9. The van der Waals surface area contributed by atoms with E-state index in [1.54, 1.807) is 37.5 Å². The number of nitrogens with zero attached hydrogens (tertiary/aromatic N) is 2. The number of aliphatic hydroxyl groups is 1. The van der Waals surface area contributed by atoms with E-state index in [9.17, 15) is 14.7 Å².